The zero-order valence-electron chi connectivity index (χ0n) is 14.1. The highest BCUT2D eigenvalue weighted by atomic mass is 28.4. The first-order chi connectivity index (χ1) is 10.1. The van der Waals surface area contributed by atoms with Crippen molar-refractivity contribution in [3.63, 3.8) is 0 Å². The average Bonchev–Trinajstić information content (AvgIpc) is 2.43. The molecule has 0 saturated heterocycles. The molecule has 5 heteroatoms. The number of methoxy groups -OCH3 is 1. The Morgan fingerprint density at radius 3 is 2.55 bits per heavy atom. The van der Waals surface area contributed by atoms with Crippen LogP contribution in [0.4, 0.5) is 0 Å². The van der Waals surface area contributed by atoms with Crippen LogP contribution >= 0.6 is 0 Å². The van der Waals surface area contributed by atoms with E-state index in [-0.39, 0.29) is 17.2 Å². The predicted molar refractivity (Wildman–Crippen MR) is 89.6 cm³/mol. The van der Waals surface area contributed by atoms with Crippen LogP contribution in [0.15, 0.2) is 18.2 Å². The molecule has 0 heterocycles. The normalized spacial score (nSPS) is 11.9. The molecule has 22 heavy (non-hydrogen) atoms. The fourth-order valence-electron chi connectivity index (χ4n) is 2.05. The maximum atomic E-state index is 11.9. The Hall–Kier alpha value is -1.64. The summed E-state index contributed by atoms with van der Waals surface area (Å²) < 4.78 is 5.28. The topological polar surface area (TPSA) is 70.3 Å². The van der Waals surface area contributed by atoms with E-state index in [0.29, 0.717) is 11.3 Å². The van der Waals surface area contributed by atoms with Gasteiger partial charge in [0.1, 0.15) is 5.75 Å². The molecule has 0 aromatic heterocycles. The van der Waals surface area contributed by atoms with Crippen LogP contribution in [0.25, 0.3) is 0 Å². The number of carbonyl (C=O) groups is 1. The van der Waals surface area contributed by atoms with E-state index in [1.807, 2.05) is 31.3 Å². The number of nitrogens with zero attached hydrogens (tertiary/aromatic N) is 1. The molecule has 0 radical (unpaired) electrons. The molecule has 1 aromatic rings. The first-order valence-electron chi connectivity index (χ1n) is 7.42. The third-order valence-electron chi connectivity index (χ3n) is 4.50. The van der Waals surface area contributed by atoms with Gasteiger partial charge in [-0.05, 0) is 48.7 Å². The van der Waals surface area contributed by atoms with Crippen molar-refractivity contribution >= 4 is 14.1 Å². The van der Waals surface area contributed by atoms with Gasteiger partial charge in [0.2, 0.25) is 0 Å². The fraction of sp³-hybridized carbons (Fsp3) is 0.529. The second kappa shape index (κ2) is 7.08. The van der Waals surface area contributed by atoms with Gasteiger partial charge in [0.25, 0.3) is 0 Å². The summed E-state index contributed by atoms with van der Waals surface area (Å²) in [5.74, 6) is 0.284. The zero-order valence-corrected chi connectivity index (χ0v) is 15.1. The van der Waals surface area contributed by atoms with Crippen LogP contribution in [0.2, 0.25) is 18.1 Å². The summed E-state index contributed by atoms with van der Waals surface area (Å²) in [5, 5.41) is 8.55. The maximum Gasteiger partial charge on any atom is 0.188 e. The van der Waals surface area contributed by atoms with E-state index in [0.717, 1.165) is 18.4 Å². The lowest BCUT2D eigenvalue weighted by Gasteiger charge is -2.35. The van der Waals surface area contributed by atoms with Crippen molar-refractivity contribution in [2.75, 3.05) is 7.11 Å². The molecule has 4 nitrogen and oxygen atoms in total. The quantitative estimate of drug-likeness (QED) is 0.614. The molecule has 1 rings (SSSR count). The van der Waals surface area contributed by atoms with Gasteiger partial charge < -0.3 is 9.53 Å². The van der Waals surface area contributed by atoms with E-state index in [9.17, 15) is 9.59 Å². The Labute approximate surface area is 133 Å². The predicted octanol–water partition coefficient (Wildman–Crippen LogP) is 3.70. The van der Waals surface area contributed by atoms with E-state index in [2.05, 4.69) is 13.8 Å². The molecular formula is C17H25NO3Si. The van der Waals surface area contributed by atoms with E-state index in [1.165, 1.54) is 7.11 Å². The number of nitriles is 1. The van der Waals surface area contributed by atoms with Gasteiger partial charge in [0.05, 0.1) is 25.2 Å². The van der Waals surface area contributed by atoms with E-state index in [1.54, 1.807) is 6.07 Å². The van der Waals surface area contributed by atoms with Gasteiger partial charge in [-0.25, -0.2) is 0 Å². The van der Waals surface area contributed by atoms with Crippen LogP contribution in [0.3, 0.4) is 0 Å². The number of ether oxygens (including phenoxy) is 1. The first-order valence-corrected chi connectivity index (χ1v) is 10.4. The molecule has 1 aromatic carbocycles. The molecule has 0 bridgehead atoms. The number of carbonyl (C=O) groups excluding carboxylic acids is 1. The van der Waals surface area contributed by atoms with Crippen molar-refractivity contribution in [2.24, 2.45) is 0 Å². The Morgan fingerprint density at radius 1 is 1.41 bits per heavy atom. The molecule has 0 aliphatic carbocycles. The summed E-state index contributed by atoms with van der Waals surface area (Å²) >= 11 is 0. The molecule has 0 saturated carbocycles. The Morgan fingerprint density at radius 2 is 2.05 bits per heavy atom. The monoisotopic (exact) mass is 319 g/mol. The van der Waals surface area contributed by atoms with Crippen LogP contribution < -0.4 is 4.74 Å². The van der Waals surface area contributed by atoms with Gasteiger partial charge in [0, 0.05) is 0 Å². The summed E-state index contributed by atoms with van der Waals surface area (Å²) in [6.07, 6.45) is 1.54. The minimum Gasteiger partial charge on any atom is -0.496 e. The summed E-state index contributed by atoms with van der Waals surface area (Å²) in [6.45, 7) is 8.11. The smallest absolute Gasteiger partial charge is 0.188 e. The highest BCUT2D eigenvalue weighted by Gasteiger charge is 2.37. The zero-order chi connectivity index (χ0) is 17.0. The molecule has 0 amide bonds. The van der Waals surface area contributed by atoms with Gasteiger partial charge in [-0.15, -0.1) is 0 Å². The molecule has 0 spiro atoms. The van der Waals surface area contributed by atoms with Gasteiger partial charge in [-0.2, -0.15) is 5.26 Å². The molecule has 0 fully saturated rings. The van der Waals surface area contributed by atoms with Crippen LogP contribution in [0.1, 0.15) is 42.6 Å². The maximum absolute atomic E-state index is 11.9. The first kappa shape index (κ1) is 18.4. The number of ketones is 1. The minimum absolute atomic E-state index is 0.0878. The summed E-state index contributed by atoms with van der Waals surface area (Å²) in [5.41, 5.74) is 1.51. The molecular weight excluding hydrogens is 294 g/mol. The van der Waals surface area contributed by atoms with Crippen molar-refractivity contribution in [3.8, 4) is 11.8 Å². The summed E-state index contributed by atoms with van der Waals surface area (Å²) in [7, 11) is -0.698. The van der Waals surface area contributed by atoms with Crippen molar-refractivity contribution < 1.29 is 14.3 Å². The van der Waals surface area contributed by atoms with Crippen LogP contribution in [-0.4, -0.2) is 26.0 Å². The van der Waals surface area contributed by atoms with Crippen molar-refractivity contribution in [1.82, 2.24) is 0 Å². The van der Waals surface area contributed by atoms with Crippen molar-refractivity contribution in [2.45, 2.75) is 51.2 Å². The third-order valence-corrected chi connectivity index (χ3v) is 8.06. The molecule has 0 atom stereocenters. The lowest BCUT2D eigenvalue weighted by atomic mass is 9.98. The second-order valence-electron chi connectivity index (χ2n) is 6.74. The molecule has 0 aliphatic rings. The fourth-order valence-corrected chi connectivity index (χ4v) is 2.79. The number of aryl methyl sites for hydroxylation is 1. The molecule has 0 unspecified atom stereocenters. The lowest BCUT2D eigenvalue weighted by molar-refractivity contribution is 0.0995. The minimum atomic E-state index is -2.22. The number of benzene rings is 1. The highest BCUT2D eigenvalue weighted by molar-refractivity contribution is 6.72. The summed E-state index contributed by atoms with van der Waals surface area (Å²) in [4.78, 5) is 22.2. The molecule has 0 aliphatic heterocycles. The number of hydrogen-bond acceptors (Lipinski definition) is 4. The third kappa shape index (κ3) is 4.42. The van der Waals surface area contributed by atoms with Gasteiger partial charge in [0.15, 0.2) is 14.1 Å². The van der Waals surface area contributed by atoms with Gasteiger partial charge >= 0.3 is 0 Å². The molecule has 1 N–H and O–H groups in total. The lowest BCUT2D eigenvalue weighted by Crippen LogP contribution is -2.39. The van der Waals surface area contributed by atoms with Gasteiger partial charge in [-0.3, -0.25) is 4.79 Å². The largest absolute Gasteiger partial charge is 0.496 e. The van der Waals surface area contributed by atoms with Crippen molar-refractivity contribution in [1.29, 1.82) is 5.26 Å². The van der Waals surface area contributed by atoms with Crippen LogP contribution in [-0.2, 0) is 6.42 Å². The Kier molecular flexibility index (Phi) is 5.92. The van der Waals surface area contributed by atoms with Crippen LogP contribution in [0.5, 0.6) is 5.75 Å². The average molecular weight is 319 g/mol. The van der Waals surface area contributed by atoms with Gasteiger partial charge in [-0.1, -0.05) is 19.9 Å². The van der Waals surface area contributed by atoms with Crippen LogP contribution in [0, 0.1) is 11.3 Å². The SMILES string of the molecule is COc1cc(CCC(C)(C)[Si](C)(C)O)ccc1C(=O)CC#N. The number of Topliss-reactive ketones (excluding diaryl/α,β-unsaturated/α-hetero) is 1. The second-order valence-corrected chi connectivity index (χ2v) is 11.2. The van der Waals surface area contributed by atoms with E-state index >= 15 is 0 Å². The highest BCUT2D eigenvalue weighted by Crippen LogP contribution is 2.40. The van der Waals surface area contributed by atoms with Crippen molar-refractivity contribution in [3.05, 3.63) is 29.3 Å². The molecule has 120 valence electrons. The van der Waals surface area contributed by atoms with E-state index < -0.39 is 8.32 Å². The summed E-state index contributed by atoms with van der Waals surface area (Å²) in [6, 6.07) is 7.34. The Balaban J connectivity index is 2.91. The number of hydrogen-bond donors (Lipinski definition) is 1. The standard InChI is InChI=1S/C17H25NO3Si/c1-17(2,22(4,5)20)10-8-13-6-7-14(15(19)9-11-18)16(12-13)21-3/h6-7,12,20H,8-10H2,1-5H3. The van der Waals surface area contributed by atoms with E-state index in [4.69, 9.17) is 10.00 Å². The number of rotatable bonds is 7. The Bertz CT molecular complexity index is 583.